The Morgan fingerprint density at radius 3 is 2.80 bits per heavy atom. The predicted molar refractivity (Wildman–Crippen MR) is 80.6 cm³/mol. The molecular formula is C14H18ClN3OS. The van der Waals surface area contributed by atoms with Gasteiger partial charge in [0, 0.05) is 11.4 Å². The third kappa shape index (κ3) is 3.95. The minimum absolute atomic E-state index is 0.0846. The van der Waals surface area contributed by atoms with Crippen LogP contribution in [0.25, 0.3) is 0 Å². The van der Waals surface area contributed by atoms with Crippen LogP contribution in [0.3, 0.4) is 0 Å². The van der Waals surface area contributed by atoms with Crippen LogP contribution in [0.4, 0.5) is 0 Å². The quantitative estimate of drug-likeness (QED) is 0.909. The van der Waals surface area contributed by atoms with Crippen LogP contribution in [0.1, 0.15) is 30.6 Å². The van der Waals surface area contributed by atoms with Crippen LogP contribution in [-0.4, -0.2) is 29.9 Å². The summed E-state index contributed by atoms with van der Waals surface area (Å²) in [6.45, 7) is 0.976. The third-order valence-corrected chi connectivity index (χ3v) is 4.73. The molecule has 0 radical (unpaired) electrons. The van der Waals surface area contributed by atoms with Crippen molar-refractivity contribution in [3.8, 4) is 6.07 Å². The lowest BCUT2D eigenvalue weighted by Crippen LogP contribution is -2.48. The van der Waals surface area contributed by atoms with Crippen LogP contribution >= 0.6 is 22.9 Å². The van der Waals surface area contributed by atoms with Crippen molar-refractivity contribution in [2.45, 2.75) is 37.8 Å². The van der Waals surface area contributed by atoms with Gasteiger partial charge in [-0.05, 0) is 44.9 Å². The molecule has 0 bridgehead atoms. The summed E-state index contributed by atoms with van der Waals surface area (Å²) in [5, 5.41) is 12.1. The van der Waals surface area contributed by atoms with E-state index < -0.39 is 5.54 Å². The summed E-state index contributed by atoms with van der Waals surface area (Å²) in [6.07, 6.45) is 3.55. The number of rotatable bonds is 5. The summed E-state index contributed by atoms with van der Waals surface area (Å²) in [5.74, 6) is -0.0846. The van der Waals surface area contributed by atoms with Crippen molar-refractivity contribution in [2.24, 2.45) is 0 Å². The van der Waals surface area contributed by atoms with Crippen molar-refractivity contribution in [3.63, 3.8) is 0 Å². The molecule has 0 unspecified atom stereocenters. The smallest absolute Gasteiger partial charge is 0.235 e. The number of nitriles is 1. The number of carbonyl (C=O) groups is 1. The van der Waals surface area contributed by atoms with Crippen LogP contribution in [0.15, 0.2) is 12.1 Å². The van der Waals surface area contributed by atoms with Crippen LogP contribution in [0.5, 0.6) is 0 Å². The number of carbonyl (C=O) groups excluding carboxylic acids is 1. The highest BCUT2D eigenvalue weighted by molar-refractivity contribution is 7.16. The molecule has 6 heteroatoms. The Balaban J connectivity index is 1.83. The van der Waals surface area contributed by atoms with Crippen LogP contribution < -0.4 is 5.32 Å². The molecule has 0 atom stereocenters. The summed E-state index contributed by atoms with van der Waals surface area (Å²) in [5.41, 5.74) is -0.635. The molecule has 1 fully saturated rings. The maximum Gasteiger partial charge on any atom is 0.235 e. The van der Waals surface area contributed by atoms with E-state index >= 15 is 0 Å². The SMILES string of the molecule is CN(CC(=O)NC1(C#N)CCCC1)Cc1ccc(Cl)s1. The summed E-state index contributed by atoms with van der Waals surface area (Å²) < 4.78 is 0.757. The van der Waals surface area contributed by atoms with Gasteiger partial charge in [0.25, 0.3) is 0 Å². The Hall–Kier alpha value is -1.09. The fourth-order valence-corrected chi connectivity index (χ4v) is 3.72. The van der Waals surface area contributed by atoms with E-state index in [1.807, 2.05) is 24.1 Å². The normalized spacial score (nSPS) is 17.1. The molecule has 108 valence electrons. The van der Waals surface area contributed by atoms with Crippen LogP contribution in [-0.2, 0) is 11.3 Å². The number of likely N-dealkylation sites (N-methyl/N-ethyl adjacent to an activating group) is 1. The number of thiophene rings is 1. The van der Waals surface area contributed by atoms with Crippen LogP contribution in [0.2, 0.25) is 4.34 Å². The number of nitrogens with one attached hydrogen (secondary N) is 1. The third-order valence-electron chi connectivity index (χ3n) is 3.52. The molecule has 1 aromatic heterocycles. The molecule has 0 spiro atoms. The van der Waals surface area contributed by atoms with E-state index in [1.54, 1.807) is 0 Å². The van der Waals surface area contributed by atoms with E-state index in [-0.39, 0.29) is 5.91 Å². The lowest BCUT2D eigenvalue weighted by molar-refractivity contribution is -0.123. The Morgan fingerprint density at radius 1 is 1.55 bits per heavy atom. The van der Waals surface area contributed by atoms with Gasteiger partial charge in [0.2, 0.25) is 5.91 Å². The molecule has 1 N–H and O–H groups in total. The minimum atomic E-state index is -0.635. The fourth-order valence-electron chi connectivity index (χ4n) is 2.55. The van der Waals surface area contributed by atoms with E-state index in [0.29, 0.717) is 13.1 Å². The van der Waals surface area contributed by atoms with Crippen molar-refractivity contribution >= 4 is 28.8 Å². The van der Waals surface area contributed by atoms with E-state index in [1.165, 1.54) is 11.3 Å². The molecule has 2 rings (SSSR count). The average molecular weight is 312 g/mol. The minimum Gasteiger partial charge on any atom is -0.337 e. The summed E-state index contributed by atoms with van der Waals surface area (Å²) in [7, 11) is 1.89. The van der Waals surface area contributed by atoms with Gasteiger partial charge < -0.3 is 5.32 Å². The van der Waals surface area contributed by atoms with Gasteiger partial charge >= 0.3 is 0 Å². The van der Waals surface area contributed by atoms with E-state index in [0.717, 1.165) is 34.9 Å². The fraction of sp³-hybridized carbons (Fsp3) is 0.571. The van der Waals surface area contributed by atoms with Gasteiger partial charge in [0.05, 0.1) is 17.0 Å². The molecule has 1 amide bonds. The zero-order chi connectivity index (χ0) is 14.6. The Bertz CT molecular complexity index is 517. The van der Waals surface area contributed by atoms with Crippen molar-refractivity contribution in [3.05, 3.63) is 21.3 Å². The van der Waals surface area contributed by atoms with Crippen molar-refractivity contribution in [1.82, 2.24) is 10.2 Å². The zero-order valence-corrected chi connectivity index (χ0v) is 13.1. The highest BCUT2D eigenvalue weighted by atomic mass is 35.5. The number of nitrogens with zero attached hydrogens (tertiary/aromatic N) is 2. The monoisotopic (exact) mass is 311 g/mol. The van der Waals surface area contributed by atoms with Gasteiger partial charge in [-0.1, -0.05) is 11.6 Å². The molecule has 1 aliphatic carbocycles. The zero-order valence-electron chi connectivity index (χ0n) is 11.5. The predicted octanol–water partition coefficient (Wildman–Crippen LogP) is 2.79. The molecule has 20 heavy (non-hydrogen) atoms. The summed E-state index contributed by atoms with van der Waals surface area (Å²) >= 11 is 7.40. The van der Waals surface area contributed by atoms with Gasteiger partial charge in [-0.25, -0.2) is 0 Å². The first-order valence-electron chi connectivity index (χ1n) is 6.68. The topological polar surface area (TPSA) is 56.1 Å². The van der Waals surface area contributed by atoms with Crippen LogP contribution in [0, 0.1) is 11.3 Å². The molecule has 4 nitrogen and oxygen atoms in total. The summed E-state index contributed by atoms with van der Waals surface area (Å²) in [6, 6.07) is 6.10. The first kappa shape index (κ1) is 15.3. The maximum atomic E-state index is 12.0. The van der Waals surface area contributed by atoms with Gasteiger partial charge in [-0.2, -0.15) is 5.26 Å². The van der Waals surface area contributed by atoms with Gasteiger partial charge in [-0.15, -0.1) is 11.3 Å². The van der Waals surface area contributed by atoms with Crippen molar-refractivity contribution < 1.29 is 4.79 Å². The molecule has 0 saturated heterocycles. The molecule has 1 saturated carbocycles. The summed E-state index contributed by atoms with van der Waals surface area (Å²) in [4.78, 5) is 15.1. The highest BCUT2D eigenvalue weighted by Gasteiger charge is 2.35. The number of halogens is 1. The largest absolute Gasteiger partial charge is 0.337 e. The van der Waals surface area contributed by atoms with E-state index in [2.05, 4.69) is 11.4 Å². The lowest BCUT2D eigenvalue weighted by atomic mass is 10.00. The van der Waals surface area contributed by atoms with Gasteiger partial charge in [0.1, 0.15) is 5.54 Å². The second-order valence-corrected chi connectivity index (χ2v) is 7.13. The van der Waals surface area contributed by atoms with Gasteiger partial charge in [-0.3, -0.25) is 9.69 Å². The second-order valence-electron chi connectivity index (χ2n) is 5.33. The standard InChI is InChI=1S/C14H18ClN3OS/c1-18(8-11-4-5-12(15)20-11)9-13(19)17-14(10-16)6-2-3-7-14/h4-5H,2-3,6-9H2,1H3,(H,17,19). The molecule has 1 heterocycles. The molecule has 0 aliphatic heterocycles. The van der Waals surface area contributed by atoms with Gasteiger partial charge in [0.15, 0.2) is 0 Å². The van der Waals surface area contributed by atoms with Crippen molar-refractivity contribution in [2.75, 3.05) is 13.6 Å². The Morgan fingerprint density at radius 2 is 2.25 bits per heavy atom. The molecule has 0 aromatic carbocycles. The lowest BCUT2D eigenvalue weighted by Gasteiger charge is -2.24. The second kappa shape index (κ2) is 6.57. The van der Waals surface area contributed by atoms with E-state index in [9.17, 15) is 10.1 Å². The maximum absolute atomic E-state index is 12.0. The van der Waals surface area contributed by atoms with Crippen molar-refractivity contribution in [1.29, 1.82) is 5.26 Å². The first-order chi connectivity index (χ1) is 9.53. The molecule has 1 aliphatic rings. The first-order valence-corrected chi connectivity index (χ1v) is 7.87. The number of amides is 1. The van der Waals surface area contributed by atoms with E-state index in [4.69, 9.17) is 11.6 Å². The number of hydrogen-bond donors (Lipinski definition) is 1. The highest BCUT2D eigenvalue weighted by Crippen LogP contribution is 2.28. The number of hydrogen-bond acceptors (Lipinski definition) is 4. The molecule has 1 aromatic rings. The molecular weight excluding hydrogens is 294 g/mol. The Kier molecular flexibility index (Phi) is 5.03. The average Bonchev–Trinajstić information content (AvgIpc) is 2.99. The Labute approximate surface area is 128 Å².